The van der Waals surface area contributed by atoms with Crippen molar-refractivity contribution < 1.29 is 0 Å². The summed E-state index contributed by atoms with van der Waals surface area (Å²) in [6.45, 7) is 11.6. The number of nitrogens with one attached hydrogen (secondary N) is 1. The van der Waals surface area contributed by atoms with Crippen molar-refractivity contribution in [1.29, 1.82) is 0 Å². The number of fused-ring (bicyclic) bond motifs is 9. The summed E-state index contributed by atoms with van der Waals surface area (Å²) in [5.41, 5.74) is 18.7. The zero-order valence-corrected chi connectivity index (χ0v) is 34.8. The highest BCUT2D eigenvalue weighted by molar-refractivity contribution is 6.13. The predicted octanol–water partition coefficient (Wildman–Crippen LogP) is 13.6. The maximum atomic E-state index is 5.58. The average Bonchev–Trinajstić information content (AvgIpc) is 3.58. The lowest BCUT2D eigenvalue weighted by atomic mass is 9.53. The lowest BCUT2D eigenvalue weighted by molar-refractivity contribution is 0.420. The SMILES string of the molecule is C/C=C(\CC(C)C)c1ccc(C2=CC3c4c(C5N=C(c6ccccc6)C=C(c6ccccc6)N5)cccc4C4(c5ccccc5C(C)(C)c5ccccc54)C3C=C2)cc1. The third-order valence-electron chi connectivity index (χ3n) is 13.5. The third kappa shape index (κ3) is 5.95. The van der Waals surface area contributed by atoms with Crippen LogP contribution in [0, 0.1) is 11.8 Å². The van der Waals surface area contributed by atoms with Crippen LogP contribution in [0.3, 0.4) is 0 Å². The number of hydrogen-bond acceptors (Lipinski definition) is 2. The minimum atomic E-state index is -0.391. The number of allylic oxidation sites excluding steroid dienone is 7. The first kappa shape index (κ1) is 37.0. The summed E-state index contributed by atoms with van der Waals surface area (Å²) < 4.78 is 0. The Balaban J connectivity index is 1.20. The van der Waals surface area contributed by atoms with Gasteiger partial charge in [0.25, 0.3) is 0 Å². The smallest absolute Gasteiger partial charge is 0.145 e. The normalized spacial score (nSPS) is 20.7. The maximum absolute atomic E-state index is 5.58. The van der Waals surface area contributed by atoms with Crippen molar-refractivity contribution in [3.05, 3.63) is 243 Å². The van der Waals surface area contributed by atoms with Gasteiger partial charge in [0.2, 0.25) is 0 Å². The molecule has 2 nitrogen and oxygen atoms in total. The van der Waals surface area contributed by atoms with Crippen LogP contribution in [0.15, 0.2) is 187 Å². The fourth-order valence-electron chi connectivity index (χ4n) is 10.9. The molecule has 6 aromatic carbocycles. The van der Waals surface area contributed by atoms with Crippen LogP contribution in [-0.4, -0.2) is 5.71 Å². The van der Waals surface area contributed by atoms with Crippen molar-refractivity contribution in [2.45, 2.75) is 64.0 Å². The highest BCUT2D eigenvalue weighted by Crippen LogP contribution is 2.66. The average molecular weight is 765 g/mol. The molecule has 0 aromatic heterocycles. The van der Waals surface area contributed by atoms with Gasteiger partial charge < -0.3 is 5.32 Å². The van der Waals surface area contributed by atoms with Crippen LogP contribution < -0.4 is 5.32 Å². The molecule has 3 unspecified atom stereocenters. The maximum Gasteiger partial charge on any atom is 0.145 e. The molecule has 1 spiro atoms. The van der Waals surface area contributed by atoms with E-state index in [9.17, 15) is 0 Å². The first-order chi connectivity index (χ1) is 28.8. The second-order valence-electron chi connectivity index (χ2n) is 17.7. The van der Waals surface area contributed by atoms with E-state index in [0.717, 1.165) is 29.0 Å². The molecule has 1 N–H and O–H groups in total. The fraction of sp³-hybridized carbons (Fsp3) is 0.211. The molecule has 0 saturated heterocycles. The second kappa shape index (κ2) is 14.5. The van der Waals surface area contributed by atoms with Crippen molar-refractivity contribution >= 4 is 22.6 Å². The Bertz CT molecular complexity index is 2670. The van der Waals surface area contributed by atoms with E-state index >= 15 is 0 Å². The van der Waals surface area contributed by atoms with Crippen molar-refractivity contribution in [3.8, 4) is 0 Å². The molecule has 3 aliphatic carbocycles. The molecule has 0 bridgehead atoms. The summed E-state index contributed by atoms with van der Waals surface area (Å²) in [5, 5.41) is 3.96. The Kier molecular flexibility index (Phi) is 9.13. The zero-order chi connectivity index (χ0) is 40.3. The molecule has 0 fully saturated rings. The zero-order valence-electron chi connectivity index (χ0n) is 34.8. The quantitative estimate of drug-likeness (QED) is 0.172. The molecule has 10 rings (SSSR count). The van der Waals surface area contributed by atoms with Gasteiger partial charge in [0, 0.05) is 28.5 Å². The lowest BCUT2D eigenvalue weighted by Gasteiger charge is -2.49. The largest absolute Gasteiger partial charge is 0.360 e. The number of rotatable bonds is 7. The van der Waals surface area contributed by atoms with Crippen LogP contribution in [0.5, 0.6) is 0 Å². The van der Waals surface area contributed by atoms with Gasteiger partial charge in [-0.2, -0.15) is 0 Å². The van der Waals surface area contributed by atoms with Gasteiger partial charge in [0.05, 0.1) is 11.1 Å². The van der Waals surface area contributed by atoms with Crippen LogP contribution >= 0.6 is 0 Å². The van der Waals surface area contributed by atoms with E-state index in [1.54, 1.807) is 0 Å². The van der Waals surface area contributed by atoms with E-state index in [0.29, 0.717) is 5.92 Å². The fourth-order valence-corrected chi connectivity index (χ4v) is 10.9. The van der Waals surface area contributed by atoms with Gasteiger partial charge in [-0.15, -0.1) is 0 Å². The molecule has 0 saturated carbocycles. The van der Waals surface area contributed by atoms with Crippen molar-refractivity contribution in [2.75, 3.05) is 0 Å². The summed E-state index contributed by atoms with van der Waals surface area (Å²) in [7, 11) is 0. The topological polar surface area (TPSA) is 24.4 Å². The Hall–Kier alpha value is -6.25. The van der Waals surface area contributed by atoms with Gasteiger partial charge >= 0.3 is 0 Å². The number of aliphatic imine (C=N–C) groups is 1. The minimum absolute atomic E-state index is 0.110. The van der Waals surface area contributed by atoms with E-state index in [-0.39, 0.29) is 23.4 Å². The minimum Gasteiger partial charge on any atom is -0.360 e. The number of hydrogen-bond donors (Lipinski definition) is 1. The Morgan fingerprint density at radius 1 is 0.661 bits per heavy atom. The molecule has 0 radical (unpaired) electrons. The monoisotopic (exact) mass is 764 g/mol. The molecule has 4 aliphatic rings. The van der Waals surface area contributed by atoms with E-state index in [1.165, 1.54) is 61.2 Å². The summed E-state index contributed by atoms with van der Waals surface area (Å²) >= 11 is 0. The molecular formula is C57H52N2. The van der Waals surface area contributed by atoms with Gasteiger partial charge in [0.15, 0.2) is 0 Å². The van der Waals surface area contributed by atoms with E-state index < -0.39 is 5.41 Å². The third-order valence-corrected chi connectivity index (χ3v) is 13.5. The van der Waals surface area contributed by atoms with Crippen LogP contribution in [0.25, 0.3) is 16.8 Å². The summed E-state index contributed by atoms with van der Waals surface area (Å²) in [4.78, 5) is 5.58. The van der Waals surface area contributed by atoms with Crippen LogP contribution in [0.4, 0.5) is 0 Å². The van der Waals surface area contributed by atoms with Crippen LogP contribution in [0.1, 0.15) is 114 Å². The highest BCUT2D eigenvalue weighted by Gasteiger charge is 2.59. The predicted molar refractivity (Wildman–Crippen MR) is 248 cm³/mol. The van der Waals surface area contributed by atoms with Crippen molar-refractivity contribution in [3.63, 3.8) is 0 Å². The van der Waals surface area contributed by atoms with Crippen LogP contribution in [-0.2, 0) is 10.8 Å². The van der Waals surface area contributed by atoms with Gasteiger partial charge in [-0.25, -0.2) is 0 Å². The van der Waals surface area contributed by atoms with E-state index in [1.807, 2.05) is 0 Å². The van der Waals surface area contributed by atoms with Gasteiger partial charge in [-0.05, 0) is 92.1 Å². The van der Waals surface area contributed by atoms with E-state index in [2.05, 4.69) is 222 Å². The second-order valence-corrected chi connectivity index (χ2v) is 17.7. The van der Waals surface area contributed by atoms with Gasteiger partial charge in [0.1, 0.15) is 6.17 Å². The molecule has 3 atom stereocenters. The molecule has 2 heteroatoms. The first-order valence-electron chi connectivity index (χ1n) is 21.4. The summed E-state index contributed by atoms with van der Waals surface area (Å²) in [6.07, 6.45) is 12.8. The highest BCUT2D eigenvalue weighted by atomic mass is 15.1. The summed E-state index contributed by atoms with van der Waals surface area (Å²) in [5.74, 6) is 0.877. The van der Waals surface area contributed by atoms with Crippen LogP contribution in [0.2, 0.25) is 0 Å². The standard InChI is InChI=1S/C57H52N2/c1-6-38(34-37(2)3)39-28-30-40(31-29-39)43-32-33-46-45(35-43)54-44(55-58-52(41-18-9-7-10-19-41)36-53(59-55)42-20-11-8-12-21-42)22-17-27-51(54)57(46)49-25-15-13-23-47(49)56(4,5)48-24-14-16-26-50(48)57/h6-33,35-37,45-46,55,58H,34H2,1-5H3/b38-6+. The lowest BCUT2D eigenvalue weighted by Crippen LogP contribution is -2.44. The molecule has 290 valence electrons. The molecule has 1 heterocycles. The Morgan fingerprint density at radius 3 is 1.88 bits per heavy atom. The molecule has 59 heavy (non-hydrogen) atoms. The number of benzene rings is 6. The molecule has 1 aliphatic heterocycles. The summed E-state index contributed by atoms with van der Waals surface area (Å²) in [6, 6.07) is 56.3. The molecular weight excluding hydrogens is 713 g/mol. The Morgan fingerprint density at radius 2 is 1.25 bits per heavy atom. The van der Waals surface area contributed by atoms with Crippen molar-refractivity contribution in [1.82, 2.24) is 5.32 Å². The van der Waals surface area contributed by atoms with E-state index in [4.69, 9.17) is 4.99 Å². The first-order valence-corrected chi connectivity index (χ1v) is 21.4. The molecule has 0 amide bonds. The van der Waals surface area contributed by atoms with Gasteiger partial charge in [-0.3, -0.25) is 4.99 Å². The number of nitrogens with zero attached hydrogens (tertiary/aromatic N) is 1. The van der Waals surface area contributed by atoms with Gasteiger partial charge in [-0.1, -0.05) is 204 Å². The van der Waals surface area contributed by atoms with Crippen molar-refractivity contribution in [2.24, 2.45) is 16.8 Å². The molecule has 6 aromatic rings. The Labute approximate surface area is 350 Å².